The highest BCUT2D eigenvalue weighted by Gasteiger charge is 2.63. The number of aromatic hydroxyl groups is 2. The van der Waals surface area contributed by atoms with Crippen LogP contribution in [0.2, 0.25) is 0 Å². The van der Waals surface area contributed by atoms with Crippen LogP contribution in [0.4, 0.5) is 0 Å². The van der Waals surface area contributed by atoms with Crippen LogP contribution in [0.5, 0.6) is 11.5 Å². The summed E-state index contributed by atoms with van der Waals surface area (Å²) in [4.78, 5) is 0. The van der Waals surface area contributed by atoms with Crippen LogP contribution in [0.3, 0.4) is 0 Å². The van der Waals surface area contributed by atoms with Crippen molar-refractivity contribution in [2.75, 3.05) is 0 Å². The lowest BCUT2D eigenvalue weighted by molar-refractivity contribution is -0.688. The molecule has 16 bridgehead atoms. The highest BCUT2D eigenvalue weighted by Crippen LogP contribution is 2.66. The van der Waals surface area contributed by atoms with Gasteiger partial charge in [-0.15, -0.1) is 12.8 Å². The van der Waals surface area contributed by atoms with E-state index in [9.17, 15) is 20.4 Å². The zero-order chi connectivity index (χ0) is 57.3. The molecule has 0 amide bonds. The van der Waals surface area contributed by atoms with Gasteiger partial charge in [-0.2, -0.15) is 0 Å². The first-order valence-electron chi connectivity index (χ1n) is 31.2. The molecule has 16 heteroatoms. The molecule has 4 saturated carbocycles. The van der Waals surface area contributed by atoms with E-state index >= 15 is 0 Å². The highest BCUT2D eigenvalue weighted by atomic mass is 79.9. The van der Waals surface area contributed by atoms with E-state index in [1.54, 1.807) is 0 Å². The maximum absolute atomic E-state index is 12.5. The summed E-state index contributed by atoms with van der Waals surface area (Å²) < 4.78 is 17.8. The van der Waals surface area contributed by atoms with Crippen LogP contribution in [-0.2, 0) is 65.2 Å². The van der Waals surface area contributed by atoms with Crippen molar-refractivity contribution in [3.63, 3.8) is 0 Å². The van der Waals surface area contributed by atoms with E-state index in [0.29, 0.717) is 86.0 Å². The Hall–Kier alpha value is -5.72. The van der Waals surface area contributed by atoms with Crippen molar-refractivity contribution in [1.82, 2.24) is 18.3 Å². The van der Waals surface area contributed by atoms with Gasteiger partial charge in [0.2, 0.25) is 25.3 Å². The molecule has 0 saturated heterocycles. The summed E-state index contributed by atoms with van der Waals surface area (Å²) in [6.45, 7) is 9.61. The first kappa shape index (κ1) is 63.8. The maximum atomic E-state index is 12.5. The molecule has 18 rings (SSSR count). The van der Waals surface area contributed by atoms with E-state index in [1.807, 2.05) is 0 Å². The van der Waals surface area contributed by atoms with Crippen LogP contribution < -0.4 is 86.2 Å². The number of terminal acetylenes is 2. The molecule has 8 aromatic rings. The van der Waals surface area contributed by atoms with Crippen molar-refractivity contribution in [1.29, 1.82) is 0 Å². The van der Waals surface area contributed by atoms with Gasteiger partial charge < -0.3 is 88.4 Å². The van der Waals surface area contributed by atoms with Gasteiger partial charge in [0.15, 0.2) is 0 Å². The zero-order valence-electron chi connectivity index (χ0n) is 50.3. The zero-order valence-corrected chi connectivity index (χ0v) is 56.7. The van der Waals surface area contributed by atoms with Gasteiger partial charge in [0, 0.05) is 33.1 Å². The number of halogens is 4. The van der Waals surface area contributed by atoms with Gasteiger partial charge in [-0.05, 0) is 169 Å². The highest BCUT2D eigenvalue weighted by molar-refractivity contribution is 5.55. The molecule has 4 fully saturated rings. The minimum atomic E-state index is -1.06. The van der Waals surface area contributed by atoms with E-state index in [1.165, 1.54) is 44.5 Å². The van der Waals surface area contributed by atoms with E-state index < -0.39 is 11.2 Å². The molecule has 4 aromatic heterocycles. The smallest absolute Gasteiger partial charge is 0.244 e. The minimum absolute atomic E-state index is 0. The summed E-state index contributed by atoms with van der Waals surface area (Å²) >= 11 is 0. The standard InChI is InChI=1S/C72H78N8O4.4BrH/c1-5-71(83)25-21-65-59-17-15-55-61(57(59)19-23-69(65,71)3)35-53-41-77-31-27-73(45-77)37-49-7-9-50(10-8-49)38-74-28-32-78(46-74)42-54-36-62-56(16-18-60-58(62)20-24-70(4)66(60)22-26-72(70,84)6-2)64(68(54)82)44-80-34-30-76(48-80)40-52-13-11-51(12-14-52)39-75-29-33-79(47-75)43-63(55)67(53)81;;;;/h1-2,7-14,27-36,45-48,57-60,65-66,83-84H,15-26,37-44H2,3-4H3;4*1H/q+2;;;;/p-2/t57-,58-,59+,60+,65-,66-,69-,70-,71-,72-;;;;/m0..../s1. The Balaban J connectivity index is 0.00000200. The second-order valence-electron chi connectivity index (χ2n) is 27.4. The third kappa shape index (κ3) is 10.8. The van der Waals surface area contributed by atoms with Gasteiger partial charge in [0.25, 0.3) is 0 Å². The predicted molar refractivity (Wildman–Crippen MR) is 317 cm³/mol. The van der Waals surface area contributed by atoms with Crippen LogP contribution in [0.1, 0.15) is 157 Å². The molecule has 4 aliphatic heterocycles. The third-order valence-electron chi connectivity index (χ3n) is 23.1. The number of imidazole rings is 4. The molecule has 88 heavy (non-hydrogen) atoms. The number of nitrogens with zero attached hydrogens (tertiary/aromatic N) is 8. The van der Waals surface area contributed by atoms with Crippen LogP contribution in [0.15, 0.2) is 136 Å². The van der Waals surface area contributed by atoms with Gasteiger partial charge in [-0.25, -0.2) is 36.5 Å². The second kappa shape index (κ2) is 24.5. The molecule has 0 spiro atoms. The van der Waals surface area contributed by atoms with Crippen LogP contribution >= 0.6 is 0 Å². The molecule has 4 aromatic carbocycles. The molecule has 6 aliphatic carbocycles. The molecule has 4 N–H and O–H groups in total. The molecular formula is C72H80Br4N8O4. The van der Waals surface area contributed by atoms with Crippen LogP contribution in [0, 0.1) is 59.2 Å². The third-order valence-corrected chi connectivity index (χ3v) is 23.1. The summed E-state index contributed by atoms with van der Waals surface area (Å²) in [7, 11) is 0. The van der Waals surface area contributed by atoms with Crippen molar-refractivity contribution < 1.29 is 107 Å². The fourth-order valence-corrected chi connectivity index (χ4v) is 18.4. The number of fused-ring (bicyclic) bond motifs is 10. The average Bonchev–Trinajstić information content (AvgIpc) is 1.35. The van der Waals surface area contributed by atoms with Gasteiger partial charge in [0.1, 0.15) is 125 Å². The quantitative estimate of drug-likeness (QED) is 0.0939. The number of phenolic OH excluding ortho intramolecular Hbond substituents is 2. The van der Waals surface area contributed by atoms with Gasteiger partial charge in [0.05, 0.1) is 0 Å². The van der Waals surface area contributed by atoms with Crippen molar-refractivity contribution >= 4 is 0 Å². The molecule has 10 atom stereocenters. The van der Waals surface area contributed by atoms with Gasteiger partial charge >= 0.3 is 0 Å². The summed E-state index contributed by atoms with van der Waals surface area (Å²) in [5, 5.41) is 48.5. The summed E-state index contributed by atoms with van der Waals surface area (Å²) in [6, 6.07) is 22.5. The molecule has 0 unspecified atom stereocenters. The van der Waals surface area contributed by atoms with Crippen LogP contribution in [0.25, 0.3) is 0 Å². The molecule has 0 radical (unpaired) electrons. The van der Waals surface area contributed by atoms with E-state index in [-0.39, 0.29) is 78.8 Å². The SMILES string of the molecule is C#C[C@]1(O)CC[C@H]2[C@@H]3CCc4c(cc5c(O)c4Cn4cc[n+](c4)Cc4ccc(cc4)C[n+]4ccn(c4)Cc4c(O)c(cc6c4CC[C@@H]4[C@@H]6CC[C@@]6(C)[C@H]4CC[C@@]6(O)C#C)Cn4cc[n+](c4)Cc4ccc(cc4)C[n+]4ccn(c4)C5)[C@H]3CC[C@@]21C.[Br-].[Br-].[Br-].[Br-]. The van der Waals surface area contributed by atoms with E-state index in [4.69, 9.17) is 12.8 Å². The van der Waals surface area contributed by atoms with Crippen molar-refractivity contribution in [3.05, 3.63) is 202 Å². The van der Waals surface area contributed by atoms with Crippen LogP contribution in [-0.4, -0.2) is 49.9 Å². The lowest BCUT2D eigenvalue weighted by Crippen LogP contribution is -3.00. The van der Waals surface area contributed by atoms with Gasteiger partial charge in [-0.1, -0.05) is 74.2 Å². The Bertz CT molecular complexity index is 3730. The largest absolute Gasteiger partial charge is 1.00 e. The summed E-state index contributed by atoms with van der Waals surface area (Å²) in [5.74, 6) is 8.81. The van der Waals surface area contributed by atoms with E-state index in [2.05, 4.69) is 198 Å². The number of aliphatic hydroxyl groups is 2. The lowest BCUT2D eigenvalue weighted by Gasteiger charge is -2.52. The van der Waals surface area contributed by atoms with E-state index in [0.717, 1.165) is 113 Å². The summed E-state index contributed by atoms with van der Waals surface area (Å²) in [5.41, 5.74) is 11.4. The maximum Gasteiger partial charge on any atom is 0.244 e. The minimum Gasteiger partial charge on any atom is -1.00 e. The number of phenols is 2. The number of hydrogen-bond donors (Lipinski definition) is 4. The topological polar surface area (TPSA) is 116 Å². The number of benzene rings is 4. The number of rotatable bonds is 0. The Labute approximate surface area is 560 Å². The monoisotopic (exact) mass is 1440 g/mol. The van der Waals surface area contributed by atoms with Crippen molar-refractivity contribution in [2.45, 2.75) is 166 Å². The van der Waals surface area contributed by atoms with Crippen molar-refractivity contribution in [3.8, 4) is 36.2 Å². The first-order valence-corrected chi connectivity index (χ1v) is 31.2. The Kier molecular flexibility index (Phi) is 17.8. The summed E-state index contributed by atoms with van der Waals surface area (Å²) in [6.07, 6.45) is 48.7. The second-order valence-corrected chi connectivity index (χ2v) is 27.4. The van der Waals surface area contributed by atoms with Gasteiger partial charge in [-0.3, -0.25) is 0 Å². The Morgan fingerprint density at radius 1 is 0.443 bits per heavy atom. The average molecular weight is 1440 g/mol. The molecular weight excluding hydrogens is 1360 g/mol. The fourth-order valence-electron chi connectivity index (χ4n) is 18.4. The fraction of sp³-hybridized carbons (Fsp3) is 0.444. The lowest BCUT2D eigenvalue weighted by atomic mass is 9.53. The Morgan fingerprint density at radius 2 is 0.761 bits per heavy atom. The molecule has 10 aliphatic rings. The first-order chi connectivity index (χ1) is 40.7. The predicted octanol–water partition coefficient (Wildman–Crippen LogP) is -3.39. The normalized spacial score (nSPS) is 28.3. The number of hydrogen-bond acceptors (Lipinski definition) is 4. The number of aromatic nitrogens is 8. The Morgan fingerprint density at radius 3 is 1.08 bits per heavy atom. The van der Waals surface area contributed by atoms with Crippen molar-refractivity contribution in [2.24, 2.45) is 34.5 Å². The molecule has 460 valence electrons. The molecule has 8 heterocycles. The molecule has 12 nitrogen and oxygen atoms in total.